The van der Waals surface area contributed by atoms with Gasteiger partial charge in [-0.05, 0) is 50.1 Å². The Kier molecular flexibility index (Phi) is 6.84. The van der Waals surface area contributed by atoms with Crippen LogP contribution in [-0.4, -0.2) is 54.0 Å². The van der Waals surface area contributed by atoms with Crippen LogP contribution < -0.4 is 15.0 Å². The van der Waals surface area contributed by atoms with Gasteiger partial charge in [-0.2, -0.15) is 0 Å². The molecule has 1 saturated heterocycles. The Morgan fingerprint density at radius 1 is 1.28 bits per heavy atom. The molecule has 154 valence electrons. The number of piperidine rings is 1. The number of rotatable bonds is 8. The van der Waals surface area contributed by atoms with E-state index >= 15 is 0 Å². The average molecular weight is 430 g/mol. The van der Waals surface area contributed by atoms with Gasteiger partial charge in [0.1, 0.15) is 17.7 Å². The van der Waals surface area contributed by atoms with E-state index in [0.717, 1.165) is 56.7 Å². The molecule has 0 spiro atoms. The summed E-state index contributed by atoms with van der Waals surface area (Å²) in [5.74, 6) is 1.79. The van der Waals surface area contributed by atoms with Crippen LogP contribution in [0.3, 0.4) is 0 Å². The Hall–Kier alpha value is -1.90. The van der Waals surface area contributed by atoms with Crippen molar-refractivity contribution in [2.75, 3.05) is 37.9 Å². The van der Waals surface area contributed by atoms with Crippen LogP contribution in [-0.2, 0) is 6.42 Å². The van der Waals surface area contributed by atoms with E-state index in [2.05, 4.69) is 42.9 Å². The van der Waals surface area contributed by atoms with Gasteiger partial charge in [0.15, 0.2) is 0 Å². The zero-order valence-corrected chi connectivity index (χ0v) is 18.6. The van der Waals surface area contributed by atoms with E-state index in [1.807, 2.05) is 12.3 Å². The van der Waals surface area contributed by atoms with Gasteiger partial charge in [-0.3, -0.25) is 0 Å². The number of nitrogens with one attached hydrogen (secondary N) is 1. The first-order chi connectivity index (χ1) is 14.3. The van der Waals surface area contributed by atoms with Crippen molar-refractivity contribution in [3.05, 3.63) is 35.6 Å². The first-order valence-electron chi connectivity index (χ1n) is 10.0. The molecule has 8 heteroatoms. The quantitative estimate of drug-likeness (QED) is 0.429. The maximum absolute atomic E-state index is 5.20. The molecule has 0 amide bonds. The summed E-state index contributed by atoms with van der Waals surface area (Å²) < 4.78 is 6.42. The number of anilines is 1. The van der Waals surface area contributed by atoms with Crippen molar-refractivity contribution < 1.29 is 4.74 Å². The third kappa shape index (κ3) is 4.82. The predicted octanol–water partition coefficient (Wildman–Crippen LogP) is 4.01. The largest absolute Gasteiger partial charge is 0.481 e. The number of fused-ring (bicyclic) bond motifs is 1. The topological polar surface area (TPSA) is 63.2 Å². The van der Waals surface area contributed by atoms with Crippen LogP contribution in [0, 0.1) is 0 Å². The molecule has 3 aromatic heterocycles. The van der Waals surface area contributed by atoms with Crippen molar-refractivity contribution in [1.29, 1.82) is 0 Å². The fourth-order valence-electron chi connectivity index (χ4n) is 3.80. The third-order valence-electron chi connectivity index (χ3n) is 5.40. The van der Waals surface area contributed by atoms with Gasteiger partial charge in [0.2, 0.25) is 5.88 Å². The van der Waals surface area contributed by atoms with Crippen LogP contribution >= 0.6 is 23.1 Å². The van der Waals surface area contributed by atoms with Gasteiger partial charge in [0, 0.05) is 41.7 Å². The normalized spacial score (nSPS) is 15.2. The molecule has 6 nitrogen and oxygen atoms in total. The number of nitrogens with zero attached hydrogens (tertiary/aromatic N) is 4. The molecule has 0 radical (unpaired) electrons. The standard InChI is InChI=1S/C21H27N5OS2/c1-27-18-12-15(5-9-23-18)4-3-8-22-16-6-10-26(11-7-16)21-20-19(24-14-25-21)17(28-2)13-29-20/h5,9,12-14,16,22H,3-4,6-8,10-11H2,1-2H3. The molecule has 0 unspecified atom stereocenters. The van der Waals surface area contributed by atoms with E-state index in [9.17, 15) is 0 Å². The Balaban J connectivity index is 1.25. The van der Waals surface area contributed by atoms with Gasteiger partial charge in [0.05, 0.1) is 11.8 Å². The van der Waals surface area contributed by atoms with Crippen LogP contribution in [0.15, 0.2) is 34.9 Å². The second kappa shape index (κ2) is 9.73. The van der Waals surface area contributed by atoms with Gasteiger partial charge in [-0.1, -0.05) is 0 Å². The van der Waals surface area contributed by atoms with Crippen LogP contribution in [0.5, 0.6) is 5.88 Å². The number of aryl methyl sites for hydroxylation is 1. The zero-order valence-electron chi connectivity index (χ0n) is 16.9. The molecule has 4 heterocycles. The predicted molar refractivity (Wildman–Crippen MR) is 122 cm³/mol. The summed E-state index contributed by atoms with van der Waals surface area (Å²) >= 11 is 3.51. The first kappa shape index (κ1) is 20.4. The number of methoxy groups -OCH3 is 1. The number of thiophene rings is 1. The Labute approximate surface area is 180 Å². The smallest absolute Gasteiger partial charge is 0.213 e. The van der Waals surface area contributed by atoms with Crippen molar-refractivity contribution >= 4 is 39.1 Å². The van der Waals surface area contributed by atoms with Crippen LogP contribution in [0.4, 0.5) is 5.82 Å². The number of pyridine rings is 1. The third-order valence-corrected chi connectivity index (χ3v) is 7.27. The van der Waals surface area contributed by atoms with E-state index in [1.165, 1.54) is 15.2 Å². The second-order valence-corrected chi connectivity index (χ2v) is 8.93. The maximum atomic E-state index is 5.20. The lowest BCUT2D eigenvalue weighted by Gasteiger charge is -2.33. The van der Waals surface area contributed by atoms with Gasteiger partial charge >= 0.3 is 0 Å². The fourth-order valence-corrected chi connectivity index (χ4v) is 5.64. The number of aromatic nitrogens is 3. The average Bonchev–Trinajstić information content (AvgIpc) is 3.21. The molecule has 0 aliphatic carbocycles. The lowest BCUT2D eigenvalue weighted by molar-refractivity contribution is 0.396. The summed E-state index contributed by atoms with van der Waals surface area (Å²) in [5, 5.41) is 5.93. The second-order valence-electron chi connectivity index (χ2n) is 7.20. The SMILES string of the molecule is COc1cc(CCCNC2CCN(c3ncnc4c(SC)csc34)CC2)ccn1. The molecule has 1 aliphatic heterocycles. The van der Waals surface area contributed by atoms with Gasteiger partial charge in [-0.25, -0.2) is 15.0 Å². The van der Waals surface area contributed by atoms with Crippen molar-refractivity contribution in [3.63, 3.8) is 0 Å². The summed E-state index contributed by atoms with van der Waals surface area (Å²) in [7, 11) is 1.66. The molecule has 4 rings (SSSR count). The van der Waals surface area contributed by atoms with Crippen molar-refractivity contribution in [2.45, 2.75) is 36.6 Å². The van der Waals surface area contributed by atoms with E-state index in [1.54, 1.807) is 36.5 Å². The van der Waals surface area contributed by atoms with E-state index in [-0.39, 0.29) is 0 Å². The van der Waals surface area contributed by atoms with Gasteiger partial charge < -0.3 is 15.0 Å². The number of thioether (sulfide) groups is 1. The Bertz CT molecular complexity index is 940. The summed E-state index contributed by atoms with van der Waals surface area (Å²) in [6, 6.07) is 4.67. The summed E-state index contributed by atoms with van der Waals surface area (Å²) in [5.41, 5.74) is 2.38. The highest BCUT2D eigenvalue weighted by Crippen LogP contribution is 2.36. The number of ether oxygens (including phenoxy) is 1. The van der Waals surface area contributed by atoms with Gasteiger partial charge in [0.25, 0.3) is 0 Å². The molecule has 0 bridgehead atoms. The maximum Gasteiger partial charge on any atom is 0.213 e. The number of hydrogen-bond donors (Lipinski definition) is 1. The van der Waals surface area contributed by atoms with Crippen LogP contribution in [0.2, 0.25) is 0 Å². The van der Waals surface area contributed by atoms with Crippen molar-refractivity contribution in [1.82, 2.24) is 20.3 Å². The molecule has 0 atom stereocenters. The number of hydrogen-bond acceptors (Lipinski definition) is 8. The van der Waals surface area contributed by atoms with E-state index in [0.29, 0.717) is 11.9 Å². The van der Waals surface area contributed by atoms with Crippen LogP contribution in [0.1, 0.15) is 24.8 Å². The molecular formula is C21H27N5OS2. The molecule has 3 aromatic rings. The van der Waals surface area contributed by atoms with E-state index in [4.69, 9.17) is 4.74 Å². The highest BCUT2D eigenvalue weighted by molar-refractivity contribution is 7.99. The minimum absolute atomic E-state index is 0.584. The van der Waals surface area contributed by atoms with Crippen molar-refractivity contribution in [3.8, 4) is 5.88 Å². The van der Waals surface area contributed by atoms with E-state index < -0.39 is 0 Å². The van der Waals surface area contributed by atoms with Crippen LogP contribution in [0.25, 0.3) is 10.2 Å². The molecular weight excluding hydrogens is 402 g/mol. The minimum Gasteiger partial charge on any atom is -0.481 e. The molecule has 0 aromatic carbocycles. The highest BCUT2D eigenvalue weighted by atomic mass is 32.2. The molecule has 1 aliphatic rings. The summed E-state index contributed by atoms with van der Waals surface area (Å²) in [6.07, 6.45) is 10.1. The Morgan fingerprint density at radius 2 is 2.14 bits per heavy atom. The van der Waals surface area contributed by atoms with Gasteiger partial charge in [-0.15, -0.1) is 23.1 Å². The van der Waals surface area contributed by atoms with Crippen molar-refractivity contribution in [2.24, 2.45) is 0 Å². The molecule has 29 heavy (non-hydrogen) atoms. The molecule has 1 N–H and O–H groups in total. The molecule has 0 saturated carbocycles. The lowest BCUT2D eigenvalue weighted by Crippen LogP contribution is -2.43. The summed E-state index contributed by atoms with van der Waals surface area (Å²) in [6.45, 7) is 3.12. The molecule has 1 fully saturated rings. The lowest BCUT2D eigenvalue weighted by atomic mass is 10.0. The minimum atomic E-state index is 0.584. The Morgan fingerprint density at radius 3 is 2.93 bits per heavy atom. The zero-order chi connectivity index (χ0) is 20.1. The first-order valence-corrected chi connectivity index (χ1v) is 12.1. The summed E-state index contributed by atoms with van der Waals surface area (Å²) in [4.78, 5) is 16.9. The highest BCUT2D eigenvalue weighted by Gasteiger charge is 2.22. The fraction of sp³-hybridized carbons (Fsp3) is 0.476. The monoisotopic (exact) mass is 429 g/mol.